The van der Waals surface area contributed by atoms with Gasteiger partial charge < -0.3 is 14.8 Å². The fourth-order valence-electron chi connectivity index (χ4n) is 2.50. The maximum atomic E-state index is 6.21. The van der Waals surface area contributed by atoms with E-state index >= 15 is 0 Å². The van der Waals surface area contributed by atoms with E-state index in [1.165, 1.54) is 0 Å². The molecule has 3 nitrogen and oxygen atoms in total. The van der Waals surface area contributed by atoms with Crippen molar-refractivity contribution in [3.05, 3.63) is 87.4 Å². The molecule has 0 unspecified atom stereocenters. The first-order valence-electron chi connectivity index (χ1n) is 8.18. The van der Waals surface area contributed by atoms with Crippen LogP contribution in [0.1, 0.15) is 11.1 Å². The van der Waals surface area contributed by atoms with Crippen LogP contribution in [0.3, 0.4) is 0 Å². The first-order valence-corrected chi connectivity index (χ1v) is 9.35. The summed E-state index contributed by atoms with van der Waals surface area (Å²) in [5, 5.41) is 4.12. The standard InChI is InChI=1S/C21H19BrClNO2/c1-25-19-9-7-18(8-10-19)24-13-16-12-17(22)6-11-21(16)26-14-15-4-2-3-5-20(15)23/h2-12,24H,13-14H2,1H3. The van der Waals surface area contributed by atoms with Gasteiger partial charge in [-0.15, -0.1) is 0 Å². The molecule has 0 radical (unpaired) electrons. The van der Waals surface area contributed by atoms with Crippen molar-refractivity contribution in [3.8, 4) is 11.5 Å². The van der Waals surface area contributed by atoms with Gasteiger partial charge in [0.05, 0.1) is 7.11 Å². The molecule has 3 rings (SSSR count). The van der Waals surface area contributed by atoms with Crippen molar-refractivity contribution in [3.63, 3.8) is 0 Å². The van der Waals surface area contributed by atoms with Gasteiger partial charge in [-0.2, -0.15) is 0 Å². The predicted octanol–water partition coefficient (Wildman–Crippen LogP) is 6.30. The molecule has 0 aliphatic rings. The van der Waals surface area contributed by atoms with Crippen molar-refractivity contribution < 1.29 is 9.47 Å². The molecule has 0 atom stereocenters. The molecule has 0 aliphatic carbocycles. The Morgan fingerprint density at radius 3 is 2.46 bits per heavy atom. The summed E-state index contributed by atoms with van der Waals surface area (Å²) in [7, 11) is 1.66. The molecule has 0 heterocycles. The Morgan fingerprint density at radius 2 is 1.73 bits per heavy atom. The summed E-state index contributed by atoms with van der Waals surface area (Å²) >= 11 is 9.74. The number of nitrogens with one attached hydrogen (secondary N) is 1. The molecule has 0 aliphatic heterocycles. The number of halogens is 2. The Labute approximate surface area is 167 Å². The second-order valence-corrected chi connectivity index (χ2v) is 7.04. The van der Waals surface area contributed by atoms with Crippen molar-refractivity contribution in [1.82, 2.24) is 0 Å². The van der Waals surface area contributed by atoms with Gasteiger partial charge in [0.15, 0.2) is 0 Å². The Morgan fingerprint density at radius 1 is 0.962 bits per heavy atom. The summed E-state index contributed by atoms with van der Waals surface area (Å²) in [4.78, 5) is 0. The SMILES string of the molecule is COc1ccc(NCc2cc(Br)ccc2OCc2ccccc2Cl)cc1. The van der Waals surface area contributed by atoms with Gasteiger partial charge in [0, 0.05) is 32.9 Å². The lowest BCUT2D eigenvalue weighted by atomic mass is 10.2. The minimum absolute atomic E-state index is 0.427. The van der Waals surface area contributed by atoms with Crippen LogP contribution in [-0.4, -0.2) is 7.11 Å². The Kier molecular flexibility index (Phi) is 6.42. The first kappa shape index (κ1) is 18.6. The van der Waals surface area contributed by atoms with Crippen molar-refractivity contribution in [2.45, 2.75) is 13.2 Å². The van der Waals surface area contributed by atoms with E-state index < -0.39 is 0 Å². The van der Waals surface area contributed by atoms with Crippen LogP contribution in [0.4, 0.5) is 5.69 Å². The van der Waals surface area contributed by atoms with E-state index in [0.717, 1.165) is 32.8 Å². The third-order valence-electron chi connectivity index (χ3n) is 3.94. The van der Waals surface area contributed by atoms with Crippen LogP contribution in [0.2, 0.25) is 5.02 Å². The lowest BCUT2D eigenvalue weighted by Gasteiger charge is -2.14. The topological polar surface area (TPSA) is 30.5 Å². The zero-order valence-electron chi connectivity index (χ0n) is 14.3. The second kappa shape index (κ2) is 8.97. The van der Waals surface area contributed by atoms with Crippen LogP contribution >= 0.6 is 27.5 Å². The molecule has 26 heavy (non-hydrogen) atoms. The van der Waals surface area contributed by atoms with Gasteiger partial charge >= 0.3 is 0 Å². The van der Waals surface area contributed by atoms with E-state index in [1.807, 2.05) is 60.7 Å². The van der Waals surface area contributed by atoms with Crippen LogP contribution in [0, 0.1) is 0 Å². The lowest BCUT2D eigenvalue weighted by molar-refractivity contribution is 0.303. The zero-order valence-corrected chi connectivity index (χ0v) is 16.7. The van der Waals surface area contributed by atoms with Gasteiger partial charge in [-0.05, 0) is 48.5 Å². The molecular formula is C21H19BrClNO2. The van der Waals surface area contributed by atoms with Crippen molar-refractivity contribution in [1.29, 1.82) is 0 Å². The largest absolute Gasteiger partial charge is 0.497 e. The zero-order chi connectivity index (χ0) is 18.4. The number of rotatable bonds is 7. The highest BCUT2D eigenvalue weighted by Gasteiger charge is 2.07. The summed E-state index contributed by atoms with van der Waals surface area (Å²) in [6.45, 7) is 1.07. The van der Waals surface area contributed by atoms with Gasteiger partial charge in [-0.25, -0.2) is 0 Å². The van der Waals surface area contributed by atoms with Crippen molar-refractivity contribution >= 4 is 33.2 Å². The van der Waals surface area contributed by atoms with E-state index in [2.05, 4.69) is 27.3 Å². The third kappa shape index (κ3) is 4.93. The molecule has 134 valence electrons. The Bertz CT molecular complexity index is 868. The fraction of sp³-hybridized carbons (Fsp3) is 0.143. The maximum absolute atomic E-state index is 6.21. The Hall–Kier alpha value is -2.17. The summed E-state index contributed by atoms with van der Waals surface area (Å²) < 4.78 is 12.2. The smallest absolute Gasteiger partial charge is 0.124 e. The highest BCUT2D eigenvalue weighted by atomic mass is 79.9. The minimum atomic E-state index is 0.427. The summed E-state index contributed by atoms with van der Waals surface area (Å²) in [6, 6.07) is 21.5. The molecule has 5 heteroatoms. The van der Waals surface area contributed by atoms with Crippen molar-refractivity contribution in [2.24, 2.45) is 0 Å². The van der Waals surface area contributed by atoms with Crippen LogP contribution in [0.25, 0.3) is 0 Å². The van der Waals surface area contributed by atoms with Gasteiger partial charge in [0.1, 0.15) is 18.1 Å². The molecule has 0 saturated carbocycles. The monoisotopic (exact) mass is 431 g/mol. The molecule has 3 aromatic carbocycles. The molecule has 3 aromatic rings. The van der Waals surface area contributed by atoms with Crippen LogP contribution in [0.15, 0.2) is 71.2 Å². The summed E-state index contributed by atoms with van der Waals surface area (Å²) in [5.74, 6) is 1.66. The third-order valence-corrected chi connectivity index (χ3v) is 4.80. The number of methoxy groups -OCH3 is 1. The van der Waals surface area contributed by atoms with Gasteiger partial charge in [0.2, 0.25) is 0 Å². The molecule has 0 spiro atoms. The van der Waals surface area contributed by atoms with E-state index in [0.29, 0.717) is 18.2 Å². The van der Waals surface area contributed by atoms with Gasteiger partial charge in [0.25, 0.3) is 0 Å². The molecule has 0 fully saturated rings. The van der Waals surface area contributed by atoms with Crippen LogP contribution < -0.4 is 14.8 Å². The van der Waals surface area contributed by atoms with Gasteiger partial charge in [-0.1, -0.05) is 45.7 Å². The average molecular weight is 433 g/mol. The number of ether oxygens (including phenoxy) is 2. The highest BCUT2D eigenvalue weighted by molar-refractivity contribution is 9.10. The molecule has 0 saturated heterocycles. The quantitative estimate of drug-likeness (QED) is 0.475. The highest BCUT2D eigenvalue weighted by Crippen LogP contribution is 2.26. The minimum Gasteiger partial charge on any atom is -0.497 e. The molecule has 1 N–H and O–H groups in total. The second-order valence-electron chi connectivity index (χ2n) is 5.71. The number of benzene rings is 3. The van der Waals surface area contributed by atoms with Gasteiger partial charge in [-0.3, -0.25) is 0 Å². The van der Waals surface area contributed by atoms with E-state index in [4.69, 9.17) is 21.1 Å². The van der Waals surface area contributed by atoms with E-state index in [-0.39, 0.29) is 0 Å². The molecule has 0 aromatic heterocycles. The lowest BCUT2D eigenvalue weighted by Crippen LogP contribution is -2.04. The molecular weight excluding hydrogens is 414 g/mol. The Balaban J connectivity index is 1.70. The average Bonchev–Trinajstić information content (AvgIpc) is 2.67. The van der Waals surface area contributed by atoms with Crippen LogP contribution in [0.5, 0.6) is 11.5 Å². The van der Waals surface area contributed by atoms with Crippen molar-refractivity contribution in [2.75, 3.05) is 12.4 Å². The number of hydrogen-bond donors (Lipinski definition) is 1. The molecule has 0 bridgehead atoms. The summed E-state index contributed by atoms with van der Waals surface area (Å²) in [6.07, 6.45) is 0. The normalized spacial score (nSPS) is 10.4. The van der Waals surface area contributed by atoms with E-state index in [1.54, 1.807) is 7.11 Å². The fourth-order valence-corrected chi connectivity index (χ4v) is 3.10. The number of hydrogen-bond acceptors (Lipinski definition) is 3. The van der Waals surface area contributed by atoms with E-state index in [9.17, 15) is 0 Å². The maximum Gasteiger partial charge on any atom is 0.124 e. The first-order chi connectivity index (χ1) is 12.7. The predicted molar refractivity (Wildman–Crippen MR) is 110 cm³/mol. The number of anilines is 1. The molecule has 0 amide bonds. The summed E-state index contributed by atoms with van der Waals surface area (Å²) in [5.41, 5.74) is 3.04. The van der Waals surface area contributed by atoms with Crippen LogP contribution in [-0.2, 0) is 13.2 Å².